The molecule has 0 saturated heterocycles. The Kier molecular flexibility index (Phi) is 4.30. The van der Waals surface area contributed by atoms with Crippen LogP contribution in [0, 0.1) is 5.92 Å². The van der Waals surface area contributed by atoms with E-state index in [0.717, 1.165) is 18.2 Å². The standard InChI is InChI=1S/C14H21NS/c1-3-15-14(11-5-6-11)12-7-9-13(10-8-12)16-4-2/h7-11,14-15H,3-6H2,1-2H3. The van der Waals surface area contributed by atoms with Crippen LogP contribution in [-0.2, 0) is 0 Å². The predicted molar refractivity (Wildman–Crippen MR) is 72.0 cm³/mol. The van der Waals surface area contributed by atoms with Crippen molar-refractivity contribution in [2.45, 2.75) is 37.6 Å². The van der Waals surface area contributed by atoms with Crippen molar-refractivity contribution in [1.82, 2.24) is 5.32 Å². The van der Waals surface area contributed by atoms with Crippen molar-refractivity contribution in [3.8, 4) is 0 Å². The van der Waals surface area contributed by atoms with Gasteiger partial charge in [-0.15, -0.1) is 11.8 Å². The minimum Gasteiger partial charge on any atom is -0.310 e. The van der Waals surface area contributed by atoms with Gasteiger partial charge in [0.15, 0.2) is 0 Å². The van der Waals surface area contributed by atoms with Crippen LogP contribution in [0.25, 0.3) is 0 Å². The van der Waals surface area contributed by atoms with Gasteiger partial charge in [-0.05, 0) is 48.8 Å². The van der Waals surface area contributed by atoms with Gasteiger partial charge < -0.3 is 5.32 Å². The summed E-state index contributed by atoms with van der Waals surface area (Å²) < 4.78 is 0. The Labute approximate surface area is 103 Å². The monoisotopic (exact) mass is 235 g/mol. The first kappa shape index (κ1) is 12.0. The predicted octanol–water partition coefficient (Wildman–Crippen LogP) is 3.86. The molecule has 0 aliphatic heterocycles. The van der Waals surface area contributed by atoms with Crippen LogP contribution in [0.1, 0.15) is 38.3 Å². The van der Waals surface area contributed by atoms with Crippen molar-refractivity contribution in [2.24, 2.45) is 5.92 Å². The molecule has 1 N–H and O–H groups in total. The summed E-state index contributed by atoms with van der Waals surface area (Å²) in [6, 6.07) is 9.70. The number of thioether (sulfide) groups is 1. The van der Waals surface area contributed by atoms with Crippen LogP contribution in [0.15, 0.2) is 29.2 Å². The van der Waals surface area contributed by atoms with E-state index in [1.165, 1.54) is 23.3 Å². The summed E-state index contributed by atoms with van der Waals surface area (Å²) in [5.74, 6) is 2.03. The van der Waals surface area contributed by atoms with E-state index >= 15 is 0 Å². The largest absolute Gasteiger partial charge is 0.310 e. The molecule has 1 saturated carbocycles. The molecule has 1 aliphatic carbocycles. The molecular formula is C14H21NS. The highest BCUT2D eigenvalue weighted by molar-refractivity contribution is 7.99. The van der Waals surface area contributed by atoms with Crippen LogP contribution in [0.4, 0.5) is 0 Å². The molecule has 0 heterocycles. The van der Waals surface area contributed by atoms with Crippen molar-refractivity contribution < 1.29 is 0 Å². The Bertz CT molecular complexity index is 316. The molecule has 1 aromatic rings. The molecule has 1 aromatic carbocycles. The zero-order valence-corrected chi connectivity index (χ0v) is 11.0. The number of nitrogens with one attached hydrogen (secondary N) is 1. The third-order valence-electron chi connectivity index (χ3n) is 3.07. The minimum absolute atomic E-state index is 0.589. The highest BCUT2D eigenvalue weighted by Crippen LogP contribution is 2.41. The van der Waals surface area contributed by atoms with E-state index in [1.807, 2.05) is 11.8 Å². The molecule has 1 aliphatic rings. The third kappa shape index (κ3) is 3.02. The first-order valence-corrected chi connectivity index (χ1v) is 7.29. The fraction of sp³-hybridized carbons (Fsp3) is 0.571. The zero-order valence-electron chi connectivity index (χ0n) is 10.2. The van der Waals surface area contributed by atoms with Gasteiger partial charge in [-0.1, -0.05) is 26.0 Å². The summed E-state index contributed by atoms with van der Waals surface area (Å²) in [4.78, 5) is 1.39. The van der Waals surface area contributed by atoms with Crippen molar-refractivity contribution in [1.29, 1.82) is 0 Å². The van der Waals surface area contributed by atoms with E-state index in [0.29, 0.717) is 6.04 Å². The fourth-order valence-corrected chi connectivity index (χ4v) is 2.81. The van der Waals surface area contributed by atoms with Crippen LogP contribution in [0.3, 0.4) is 0 Å². The normalized spacial score (nSPS) is 17.4. The van der Waals surface area contributed by atoms with E-state index in [2.05, 4.69) is 43.4 Å². The fourth-order valence-electron chi connectivity index (χ4n) is 2.14. The molecule has 2 heteroatoms. The summed E-state index contributed by atoms with van der Waals surface area (Å²) in [5, 5.41) is 3.61. The van der Waals surface area contributed by atoms with E-state index < -0.39 is 0 Å². The lowest BCUT2D eigenvalue weighted by atomic mass is 10.0. The van der Waals surface area contributed by atoms with Gasteiger partial charge in [0.1, 0.15) is 0 Å². The van der Waals surface area contributed by atoms with Gasteiger partial charge in [-0.2, -0.15) is 0 Å². The van der Waals surface area contributed by atoms with Gasteiger partial charge in [0.2, 0.25) is 0 Å². The number of hydrogen-bond donors (Lipinski definition) is 1. The summed E-state index contributed by atoms with van der Waals surface area (Å²) in [6.45, 7) is 5.45. The molecule has 0 amide bonds. The first-order chi connectivity index (χ1) is 7.85. The summed E-state index contributed by atoms with van der Waals surface area (Å²) in [6.07, 6.45) is 2.78. The van der Waals surface area contributed by atoms with Crippen LogP contribution in [0.2, 0.25) is 0 Å². The Morgan fingerprint density at radius 2 is 1.94 bits per heavy atom. The van der Waals surface area contributed by atoms with Crippen molar-refractivity contribution in [3.05, 3.63) is 29.8 Å². The molecule has 1 nitrogen and oxygen atoms in total. The lowest BCUT2D eigenvalue weighted by Crippen LogP contribution is -2.22. The van der Waals surface area contributed by atoms with E-state index in [-0.39, 0.29) is 0 Å². The molecule has 0 spiro atoms. The molecule has 1 unspecified atom stereocenters. The number of hydrogen-bond acceptors (Lipinski definition) is 2. The molecule has 16 heavy (non-hydrogen) atoms. The molecule has 1 atom stereocenters. The Hall–Kier alpha value is -0.470. The SMILES string of the molecule is CCNC(c1ccc(SCC)cc1)C1CC1. The third-order valence-corrected chi connectivity index (χ3v) is 3.96. The zero-order chi connectivity index (χ0) is 11.4. The molecule has 0 bridgehead atoms. The average molecular weight is 235 g/mol. The molecule has 0 radical (unpaired) electrons. The number of rotatable bonds is 6. The van der Waals surface area contributed by atoms with Gasteiger partial charge in [-0.25, -0.2) is 0 Å². The van der Waals surface area contributed by atoms with Gasteiger partial charge in [-0.3, -0.25) is 0 Å². The van der Waals surface area contributed by atoms with Gasteiger partial charge >= 0.3 is 0 Å². The lowest BCUT2D eigenvalue weighted by Gasteiger charge is -2.17. The summed E-state index contributed by atoms with van der Waals surface area (Å²) in [7, 11) is 0. The van der Waals surface area contributed by atoms with Crippen molar-refractivity contribution >= 4 is 11.8 Å². The van der Waals surface area contributed by atoms with Crippen molar-refractivity contribution in [2.75, 3.05) is 12.3 Å². The lowest BCUT2D eigenvalue weighted by molar-refractivity contribution is 0.496. The molecule has 1 fully saturated rings. The average Bonchev–Trinajstić information content (AvgIpc) is 3.12. The van der Waals surface area contributed by atoms with Gasteiger partial charge in [0.25, 0.3) is 0 Å². The Balaban J connectivity index is 2.05. The van der Waals surface area contributed by atoms with Crippen LogP contribution in [0.5, 0.6) is 0 Å². The van der Waals surface area contributed by atoms with Crippen LogP contribution in [-0.4, -0.2) is 12.3 Å². The van der Waals surface area contributed by atoms with Crippen LogP contribution < -0.4 is 5.32 Å². The van der Waals surface area contributed by atoms with Crippen LogP contribution >= 0.6 is 11.8 Å². The first-order valence-electron chi connectivity index (χ1n) is 6.31. The molecule has 0 aromatic heterocycles. The highest BCUT2D eigenvalue weighted by Gasteiger charge is 2.31. The quantitative estimate of drug-likeness (QED) is 0.751. The highest BCUT2D eigenvalue weighted by atomic mass is 32.2. The smallest absolute Gasteiger partial charge is 0.0348 e. The van der Waals surface area contributed by atoms with Crippen molar-refractivity contribution in [3.63, 3.8) is 0 Å². The molecule has 88 valence electrons. The maximum Gasteiger partial charge on any atom is 0.0348 e. The number of benzene rings is 1. The van der Waals surface area contributed by atoms with E-state index in [1.54, 1.807) is 0 Å². The molecule has 2 rings (SSSR count). The second-order valence-corrected chi connectivity index (χ2v) is 5.71. The maximum atomic E-state index is 3.61. The van der Waals surface area contributed by atoms with Gasteiger partial charge in [0.05, 0.1) is 0 Å². The Morgan fingerprint density at radius 3 is 2.44 bits per heavy atom. The minimum atomic E-state index is 0.589. The van der Waals surface area contributed by atoms with E-state index in [4.69, 9.17) is 0 Å². The Morgan fingerprint density at radius 1 is 1.25 bits per heavy atom. The topological polar surface area (TPSA) is 12.0 Å². The second-order valence-electron chi connectivity index (χ2n) is 4.37. The maximum absolute atomic E-state index is 3.61. The molecular weight excluding hydrogens is 214 g/mol. The summed E-state index contributed by atoms with van der Waals surface area (Å²) >= 11 is 1.91. The van der Waals surface area contributed by atoms with E-state index in [9.17, 15) is 0 Å². The second kappa shape index (κ2) is 5.74. The van der Waals surface area contributed by atoms with Gasteiger partial charge in [0, 0.05) is 10.9 Å². The summed E-state index contributed by atoms with van der Waals surface area (Å²) in [5.41, 5.74) is 1.46.